The monoisotopic (exact) mass is 447 g/mol. The SMILES string of the molecule is Nc1nc(OCCCN2C[C@@H]3C[C@H]2CO3)nc2c1CCN(c1cc(O)cc3ccccc13)C2. The minimum atomic E-state index is 0.263. The summed E-state index contributed by atoms with van der Waals surface area (Å²) in [5, 5.41) is 12.4. The Morgan fingerprint density at radius 2 is 2.12 bits per heavy atom. The minimum absolute atomic E-state index is 0.263. The van der Waals surface area contributed by atoms with Gasteiger partial charge in [0.2, 0.25) is 0 Å². The van der Waals surface area contributed by atoms with Crippen molar-refractivity contribution in [1.82, 2.24) is 14.9 Å². The summed E-state index contributed by atoms with van der Waals surface area (Å²) in [4.78, 5) is 13.9. The number of aromatic hydroxyl groups is 1. The maximum absolute atomic E-state index is 10.3. The molecule has 172 valence electrons. The third-order valence-corrected chi connectivity index (χ3v) is 7.08. The molecule has 4 heterocycles. The number of likely N-dealkylation sites (tertiary alicyclic amines) is 1. The van der Waals surface area contributed by atoms with E-state index in [1.807, 2.05) is 24.3 Å². The zero-order valence-electron chi connectivity index (χ0n) is 18.6. The Morgan fingerprint density at radius 1 is 1.21 bits per heavy atom. The Balaban J connectivity index is 1.15. The normalized spacial score (nSPS) is 22.1. The van der Waals surface area contributed by atoms with Crippen molar-refractivity contribution in [3.63, 3.8) is 0 Å². The van der Waals surface area contributed by atoms with Crippen LogP contribution in [0.3, 0.4) is 0 Å². The number of rotatable bonds is 6. The van der Waals surface area contributed by atoms with Gasteiger partial charge < -0.3 is 25.2 Å². The number of benzene rings is 2. The highest BCUT2D eigenvalue weighted by Gasteiger charge is 2.38. The van der Waals surface area contributed by atoms with Crippen molar-refractivity contribution in [2.75, 3.05) is 43.5 Å². The van der Waals surface area contributed by atoms with Gasteiger partial charge in [-0.05, 0) is 30.7 Å². The number of hydrogen-bond donors (Lipinski definition) is 2. The van der Waals surface area contributed by atoms with Crippen LogP contribution in [-0.2, 0) is 17.7 Å². The van der Waals surface area contributed by atoms with E-state index in [2.05, 4.69) is 20.9 Å². The summed E-state index contributed by atoms with van der Waals surface area (Å²) in [5.41, 5.74) is 9.16. The van der Waals surface area contributed by atoms with Gasteiger partial charge in [0.15, 0.2) is 0 Å². The molecule has 3 aromatic rings. The second-order valence-electron chi connectivity index (χ2n) is 9.22. The molecule has 0 spiro atoms. The number of phenols is 1. The molecular weight excluding hydrogens is 418 g/mol. The second kappa shape index (κ2) is 8.35. The van der Waals surface area contributed by atoms with Crippen molar-refractivity contribution >= 4 is 22.3 Å². The molecule has 2 aromatic carbocycles. The predicted octanol–water partition coefficient (Wildman–Crippen LogP) is 2.72. The lowest BCUT2D eigenvalue weighted by molar-refractivity contribution is 0.0287. The highest BCUT2D eigenvalue weighted by atomic mass is 16.5. The molecule has 6 rings (SSSR count). The molecule has 3 aliphatic heterocycles. The average molecular weight is 448 g/mol. The van der Waals surface area contributed by atoms with E-state index < -0.39 is 0 Å². The minimum Gasteiger partial charge on any atom is -0.508 e. The lowest BCUT2D eigenvalue weighted by Crippen LogP contribution is -2.38. The molecule has 0 aliphatic carbocycles. The van der Waals surface area contributed by atoms with E-state index in [-0.39, 0.29) is 5.75 Å². The maximum Gasteiger partial charge on any atom is 0.318 e. The zero-order valence-corrected chi connectivity index (χ0v) is 18.6. The maximum atomic E-state index is 10.3. The molecule has 0 saturated carbocycles. The molecule has 8 heteroatoms. The van der Waals surface area contributed by atoms with E-state index in [0.717, 1.165) is 73.2 Å². The van der Waals surface area contributed by atoms with Crippen molar-refractivity contribution in [2.45, 2.75) is 38.0 Å². The van der Waals surface area contributed by atoms with Crippen LogP contribution in [0.4, 0.5) is 11.5 Å². The Kier molecular flexibility index (Phi) is 5.19. The zero-order chi connectivity index (χ0) is 22.4. The first-order valence-corrected chi connectivity index (χ1v) is 11.7. The second-order valence-corrected chi connectivity index (χ2v) is 9.22. The fraction of sp³-hybridized carbons (Fsp3) is 0.440. The summed E-state index contributed by atoms with van der Waals surface area (Å²) in [6, 6.07) is 12.6. The molecule has 2 bridgehead atoms. The van der Waals surface area contributed by atoms with Gasteiger partial charge in [-0.15, -0.1) is 0 Å². The Morgan fingerprint density at radius 3 is 2.97 bits per heavy atom. The van der Waals surface area contributed by atoms with Gasteiger partial charge in [-0.3, -0.25) is 4.90 Å². The Labute approximate surface area is 192 Å². The summed E-state index contributed by atoms with van der Waals surface area (Å²) < 4.78 is 11.6. The van der Waals surface area contributed by atoms with Crippen molar-refractivity contribution in [3.8, 4) is 11.8 Å². The van der Waals surface area contributed by atoms with Gasteiger partial charge in [0, 0.05) is 48.4 Å². The van der Waals surface area contributed by atoms with Crippen molar-refractivity contribution in [3.05, 3.63) is 47.7 Å². The van der Waals surface area contributed by atoms with Crippen molar-refractivity contribution in [2.24, 2.45) is 0 Å². The van der Waals surface area contributed by atoms with Crippen LogP contribution in [0.25, 0.3) is 10.8 Å². The number of hydrogen-bond acceptors (Lipinski definition) is 8. The van der Waals surface area contributed by atoms with E-state index in [1.165, 1.54) is 0 Å². The fourth-order valence-electron chi connectivity index (χ4n) is 5.43. The summed E-state index contributed by atoms with van der Waals surface area (Å²) in [6.07, 6.45) is 3.26. The summed E-state index contributed by atoms with van der Waals surface area (Å²) in [6.45, 7) is 4.85. The number of phenolic OH excluding ortho intramolecular Hbond substituents is 1. The lowest BCUT2D eigenvalue weighted by atomic mass is 10.0. The number of nitrogens with zero attached hydrogens (tertiary/aromatic N) is 4. The summed E-state index contributed by atoms with van der Waals surface area (Å²) in [5.74, 6) is 0.767. The Hall–Kier alpha value is -3.10. The molecule has 2 atom stereocenters. The lowest BCUT2D eigenvalue weighted by Gasteiger charge is -2.31. The van der Waals surface area contributed by atoms with Gasteiger partial charge in [0.05, 0.1) is 31.6 Å². The molecule has 2 saturated heterocycles. The largest absolute Gasteiger partial charge is 0.508 e. The number of aromatic nitrogens is 2. The summed E-state index contributed by atoms with van der Waals surface area (Å²) in [7, 11) is 0. The summed E-state index contributed by atoms with van der Waals surface area (Å²) >= 11 is 0. The third kappa shape index (κ3) is 3.94. The van der Waals surface area contributed by atoms with Crippen LogP contribution < -0.4 is 15.4 Å². The van der Waals surface area contributed by atoms with Crippen molar-refractivity contribution < 1.29 is 14.6 Å². The molecule has 3 N–H and O–H groups in total. The van der Waals surface area contributed by atoms with Crippen LogP contribution in [0, 0.1) is 0 Å². The number of ether oxygens (including phenoxy) is 2. The van der Waals surface area contributed by atoms with E-state index in [9.17, 15) is 5.11 Å². The predicted molar refractivity (Wildman–Crippen MR) is 127 cm³/mol. The van der Waals surface area contributed by atoms with Gasteiger partial charge in [-0.2, -0.15) is 9.97 Å². The molecular formula is C25H29N5O3. The first-order valence-electron chi connectivity index (χ1n) is 11.7. The topological polar surface area (TPSA) is 97.0 Å². The van der Waals surface area contributed by atoms with Gasteiger partial charge >= 0.3 is 6.01 Å². The molecule has 1 aromatic heterocycles. The van der Waals surface area contributed by atoms with E-state index in [4.69, 9.17) is 20.2 Å². The molecule has 8 nitrogen and oxygen atoms in total. The van der Waals surface area contributed by atoms with Crippen LogP contribution in [0.15, 0.2) is 36.4 Å². The fourth-order valence-corrected chi connectivity index (χ4v) is 5.43. The quantitative estimate of drug-likeness (QED) is 0.557. The molecule has 0 unspecified atom stereocenters. The molecule has 0 amide bonds. The number of anilines is 2. The van der Waals surface area contributed by atoms with E-state index >= 15 is 0 Å². The van der Waals surface area contributed by atoms with E-state index in [0.29, 0.717) is 37.1 Å². The Bertz CT molecular complexity index is 1190. The highest BCUT2D eigenvalue weighted by Crippen LogP contribution is 2.35. The van der Waals surface area contributed by atoms with E-state index in [1.54, 1.807) is 6.07 Å². The van der Waals surface area contributed by atoms with Gasteiger partial charge in [0.25, 0.3) is 0 Å². The van der Waals surface area contributed by atoms with Gasteiger partial charge in [0.1, 0.15) is 11.6 Å². The van der Waals surface area contributed by atoms with Crippen molar-refractivity contribution in [1.29, 1.82) is 0 Å². The number of nitrogens with two attached hydrogens (primary N) is 1. The third-order valence-electron chi connectivity index (χ3n) is 7.08. The molecule has 0 radical (unpaired) electrons. The van der Waals surface area contributed by atoms with Crippen LogP contribution >= 0.6 is 0 Å². The smallest absolute Gasteiger partial charge is 0.318 e. The first kappa shape index (κ1) is 20.5. The number of morpholine rings is 1. The van der Waals surface area contributed by atoms with Gasteiger partial charge in [-0.25, -0.2) is 0 Å². The molecule has 2 fully saturated rings. The average Bonchev–Trinajstić information content (AvgIpc) is 3.44. The van der Waals surface area contributed by atoms with Gasteiger partial charge in [-0.1, -0.05) is 24.3 Å². The molecule has 3 aliphatic rings. The van der Waals surface area contributed by atoms with Crippen LogP contribution in [0.1, 0.15) is 24.1 Å². The molecule has 33 heavy (non-hydrogen) atoms. The highest BCUT2D eigenvalue weighted by molar-refractivity contribution is 5.95. The van der Waals surface area contributed by atoms with Crippen LogP contribution in [-0.4, -0.2) is 65.0 Å². The number of nitrogen functional groups attached to an aromatic ring is 1. The standard InChI is InChI=1S/C25H29N5O3/c26-24-21-6-8-30(23-12-18(31)10-16-4-1-2-5-20(16)23)14-22(21)27-25(28-24)32-9-3-7-29-13-19-11-17(29)15-33-19/h1-2,4-5,10,12,17,19,31H,3,6-9,11,13-15H2,(H2,26,27,28)/t17-,19-/m0/s1. The van der Waals surface area contributed by atoms with Crippen LogP contribution in [0.5, 0.6) is 11.8 Å². The number of fused-ring (bicyclic) bond motifs is 4. The first-order chi connectivity index (χ1) is 16.1. The van der Waals surface area contributed by atoms with Crippen LogP contribution in [0.2, 0.25) is 0 Å².